The summed E-state index contributed by atoms with van der Waals surface area (Å²) in [6, 6.07) is 25.2. The summed E-state index contributed by atoms with van der Waals surface area (Å²) in [6.07, 6.45) is 0.609. The van der Waals surface area contributed by atoms with Crippen molar-refractivity contribution in [1.82, 2.24) is 10.1 Å². The van der Waals surface area contributed by atoms with E-state index in [0.29, 0.717) is 24.7 Å². The van der Waals surface area contributed by atoms with Gasteiger partial charge in [-0.3, -0.25) is 4.79 Å². The molecule has 0 saturated carbocycles. The maximum Gasteiger partial charge on any atom is 0.227 e. The summed E-state index contributed by atoms with van der Waals surface area (Å²) in [7, 11) is 0. The molecule has 6 nitrogen and oxygen atoms in total. The first-order chi connectivity index (χ1) is 15.2. The Hall–Kier alpha value is -3.93. The van der Waals surface area contributed by atoms with Gasteiger partial charge in [0, 0.05) is 29.7 Å². The predicted octanol–water partition coefficient (Wildman–Crippen LogP) is 5.37. The maximum atomic E-state index is 12.5. The molecular formula is C25H23N3O3. The Morgan fingerprint density at radius 2 is 1.68 bits per heavy atom. The van der Waals surface area contributed by atoms with Crippen LogP contribution < -0.4 is 10.1 Å². The SMILES string of the molecule is CCOc1ccc(-c2noc(CCC(=O)Nc3ccccc3-c3ccccc3)n2)cc1. The molecule has 4 rings (SSSR count). The van der Waals surface area contributed by atoms with Gasteiger partial charge in [0.2, 0.25) is 17.6 Å². The monoisotopic (exact) mass is 413 g/mol. The molecule has 156 valence electrons. The molecule has 1 amide bonds. The summed E-state index contributed by atoms with van der Waals surface area (Å²) < 4.78 is 10.8. The van der Waals surface area contributed by atoms with Crippen LogP contribution in [0.25, 0.3) is 22.5 Å². The average molecular weight is 413 g/mol. The number of nitrogens with one attached hydrogen (secondary N) is 1. The summed E-state index contributed by atoms with van der Waals surface area (Å²) in [5.74, 6) is 1.61. The van der Waals surface area contributed by atoms with E-state index in [2.05, 4.69) is 15.5 Å². The first-order valence-electron chi connectivity index (χ1n) is 10.2. The molecule has 0 atom stereocenters. The number of nitrogens with zero attached hydrogens (tertiary/aromatic N) is 2. The van der Waals surface area contributed by atoms with Crippen molar-refractivity contribution in [2.75, 3.05) is 11.9 Å². The number of hydrogen-bond donors (Lipinski definition) is 1. The zero-order valence-corrected chi connectivity index (χ0v) is 17.2. The molecule has 0 fully saturated rings. The molecule has 0 radical (unpaired) electrons. The van der Waals surface area contributed by atoms with Gasteiger partial charge in [0.1, 0.15) is 5.75 Å². The van der Waals surface area contributed by atoms with Crippen molar-refractivity contribution < 1.29 is 14.1 Å². The lowest BCUT2D eigenvalue weighted by molar-refractivity contribution is -0.116. The number of aromatic nitrogens is 2. The number of ether oxygens (including phenoxy) is 1. The van der Waals surface area contributed by atoms with Crippen LogP contribution in [0, 0.1) is 0 Å². The Morgan fingerprint density at radius 3 is 2.45 bits per heavy atom. The number of para-hydroxylation sites is 1. The molecule has 0 spiro atoms. The fourth-order valence-electron chi connectivity index (χ4n) is 3.24. The highest BCUT2D eigenvalue weighted by atomic mass is 16.5. The van der Waals surface area contributed by atoms with Crippen LogP contribution in [-0.2, 0) is 11.2 Å². The quantitative estimate of drug-likeness (QED) is 0.420. The van der Waals surface area contributed by atoms with E-state index in [1.54, 1.807) is 0 Å². The van der Waals surface area contributed by atoms with Crippen LogP contribution in [0.4, 0.5) is 5.69 Å². The van der Waals surface area contributed by atoms with Crippen molar-refractivity contribution in [2.45, 2.75) is 19.8 Å². The lowest BCUT2D eigenvalue weighted by atomic mass is 10.0. The van der Waals surface area contributed by atoms with Gasteiger partial charge in [-0.2, -0.15) is 4.98 Å². The Morgan fingerprint density at radius 1 is 0.935 bits per heavy atom. The summed E-state index contributed by atoms with van der Waals surface area (Å²) in [5, 5.41) is 7.01. The number of carbonyl (C=O) groups is 1. The minimum absolute atomic E-state index is 0.107. The molecular weight excluding hydrogens is 390 g/mol. The standard InChI is InChI=1S/C25H23N3O3/c1-2-30-20-14-12-19(13-15-20)25-27-24(31-28-25)17-16-23(29)26-22-11-7-6-10-21(22)18-8-4-3-5-9-18/h3-15H,2,16-17H2,1H3,(H,26,29). The molecule has 0 saturated heterocycles. The second-order valence-electron chi connectivity index (χ2n) is 6.93. The van der Waals surface area contributed by atoms with Crippen LogP contribution in [0.15, 0.2) is 83.4 Å². The molecule has 4 aromatic rings. The molecule has 0 aliphatic heterocycles. The predicted molar refractivity (Wildman–Crippen MR) is 120 cm³/mol. The fourth-order valence-corrected chi connectivity index (χ4v) is 3.24. The number of carbonyl (C=O) groups excluding carboxylic acids is 1. The molecule has 1 aromatic heterocycles. The summed E-state index contributed by atoms with van der Waals surface area (Å²) in [4.78, 5) is 16.9. The van der Waals surface area contributed by atoms with Gasteiger partial charge < -0.3 is 14.6 Å². The van der Waals surface area contributed by atoms with E-state index >= 15 is 0 Å². The Kier molecular flexibility index (Phi) is 6.38. The lowest BCUT2D eigenvalue weighted by Gasteiger charge is -2.11. The van der Waals surface area contributed by atoms with Crippen molar-refractivity contribution in [3.8, 4) is 28.3 Å². The van der Waals surface area contributed by atoms with E-state index in [0.717, 1.165) is 28.1 Å². The molecule has 31 heavy (non-hydrogen) atoms. The highest BCUT2D eigenvalue weighted by molar-refractivity contribution is 5.95. The van der Waals surface area contributed by atoms with Crippen molar-refractivity contribution in [1.29, 1.82) is 0 Å². The molecule has 0 aliphatic carbocycles. The largest absolute Gasteiger partial charge is 0.494 e. The van der Waals surface area contributed by atoms with Crippen molar-refractivity contribution in [2.24, 2.45) is 0 Å². The van der Waals surface area contributed by atoms with E-state index in [1.165, 1.54) is 0 Å². The highest BCUT2D eigenvalue weighted by Gasteiger charge is 2.12. The summed E-state index contributed by atoms with van der Waals surface area (Å²) in [5.41, 5.74) is 3.64. The van der Waals surface area contributed by atoms with Crippen LogP contribution in [-0.4, -0.2) is 22.7 Å². The smallest absolute Gasteiger partial charge is 0.227 e. The third kappa shape index (κ3) is 5.17. The normalized spacial score (nSPS) is 10.6. The zero-order valence-electron chi connectivity index (χ0n) is 17.2. The van der Waals surface area contributed by atoms with Crippen LogP contribution >= 0.6 is 0 Å². The van der Waals surface area contributed by atoms with Crippen molar-refractivity contribution in [3.63, 3.8) is 0 Å². The van der Waals surface area contributed by atoms with E-state index in [9.17, 15) is 4.79 Å². The number of amides is 1. The molecule has 6 heteroatoms. The topological polar surface area (TPSA) is 77.2 Å². The van der Waals surface area contributed by atoms with Gasteiger partial charge >= 0.3 is 0 Å². The fraction of sp³-hybridized carbons (Fsp3) is 0.160. The zero-order chi connectivity index (χ0) is 21.5. The number of hydrogen-bond acceptors (Lipinski definition) is 5. The first kappa shape index (κ1) is 20.3. The van der Waals surface area contributed by atoms with Gasteiger partial charge in [0.15, 0.2) is 0 Å². The minimum Gasteiger partial charge on any atom is -0.494 e. The van der Waals surface area contributed by atoms with Crippen LogP contribution in [0.1, 0.15) is 19.2 Å². The van der Waals surface area contributed by atoms with E-state index in [4.69, 9.17) is 9.26 Å². The third-order valence-corrected chi connectivity index (χ3v) is 4.74. The average Bonchev–Trinajstić information content (AvgIpc) is 3.29. The van der Waals surface area contributed by atoms with E-state index in [-0.39, 0.29) is 12.3 Å². The second-order valence-corrected chi connectivity index (χ2v) is 6.93. The molecule has 0 unspecified atom stereocenters. The van der Waals surface area contributed by atoms with Crippen LogP contribution in [0.3, 0.4) is 0 Å². The van der Waals surface area contributed by atoms with Crippen molar-refractivity contribution >= 4 is 11.6 Å². The highest BCUT2D eigenvalue weighted by Crippen LogP contribution is 2.27. The second kappa shape index (κ2) is 9.71. The lowest BCUT2D eigenvalue weighted by Crippen LogP contribution is -2.13. The Bertz CT molecular complexity index is 1140. The van der Waals surface area contributed by atoms with Gasteiger partial charge in [-0.05, 0) is 42.8 Å². The molecule has 1 heterocycles. The van der Waals surface area contributed by atoms with Gasteiger partial charge in [-0.1, -0.05) is 53.7 Å². The van der Waals surface area contributed by atoms with Crippen LogP contribution in [0.2, 0.25) is 0 Å². The molecule has 0 aliphatic rings. The number of benzene rings is 3. The Balaban J connectivity index is 1.37. The van der Waals surface area contributed by atoms with E-state index < -0.39 is 0 Å². The molecule has 1 N–H and O–H groups in total. The van der Waals surface area contributed by atoms with Gasteiger partial charge in [-0.25, -0.2) is 0 Å². The minimum atomic E-state index is -0.107. The first-order valence-corrected chi connectivity index (χ1v) is 10.2. The summed E-state index contributed by atoms with van der Waals surface area (Å²) >= 11 is 0. The van der Waals surface area contributed by atoms with Crippen molar-refractivity contribution in [3.05, 3.63) is 84.8 Å². The molecule has 0 bridgehead atoms. The summed E-state index contributed by atoms with van der Waals surface area (Å²) in [6.45, 7) is 2.55. The molecule has 3 aromatic carbocycles. The Labute approximate surface area is 180 Å². The third-order valence-electron chi connectivity index (χ3n) is 4.74. The number of rotatable bonds is 8. The van der Waals surface area contributed by atoms with Gasteiger partial charge in [0.25, 0.3) is 0 Å². The van der Waals surface area contributed by atoms with E-state index in [1.807, 2.05) is 85.8 Å². The van der Waals surface area contributed by atoms with Crippen LogP contribution in [0.5, 0.6) is 5.75 Å². The van der Waals surface area contributed by atoms with Gasteiger partial charge in [-0.15, -0.1) is 0 Å². The maximum absolute atomic E-state index is 12.5. The number of anilines is 1. The van der Waals surface area contributed by atoms with Gasteiger partial charge in [0.05, 0.1) is 6.61 Å². The number of aryl methyl sites for hydroxylation is 1.